The van der Waals surface area contributed by atoms with Gasteiger partial charge in [0.15, 0.2) is 0 Å². The number of benzene rings is 1. The summed E-state index contributed by atoms with van der Waals surface area (Å²) in [6.07, 6.45) is 0.779. The summed E-state index contributed by atoms with van der Waals surface area (Å²) < 4.78 is 14.7. The van der Waals surface area contributed by atoms with Crippen LogP contribution in [0, 0.1) is 11.2 Å². The molecule has 1 aliphatic rings. The summed E-state index contributed by atoms with van der Waals surface area (Å²) in [6, 6.07) is 3.83. The highest BCUT2D eigenvalue weighted by molar-refractivity contribution is 9.10. The van der Waals surface area contributed by atoms with E-state index in [0.717, 1.165) is 28.6 Å². The SMILES string of the molecule is CC(C)(C)C1NCCc2c(F)cc(Br)cc21. The lowest BCUT2D eigenvalue weighted by Crippen LogP contribution is -2.38. The second-order valence-corrected chi connectivity index (χ2v) is 6.37. The van der Waals surface area contributed by atoms with Gasteiger partial charge in [-0.25, -0.2) is 4.39 Å². The maximum Gasteiger partial charge on any atom is 0.127 e. The molecule has 3 heteroatoms. The molecular formula is C13H17BrFN. The molecule has 0 fully saturated rings. The van der Waals surface area contributed by atoms with Gasteiger partial charge >= 0.3 is 0 Å². The fourth-order valence-electron chi connectivity index (χ4n) is 2.37. The second-order valence-electron chi connectivity index (χ2n) is 5.46. The molecule has 16 heavy (non-hydrogen) atoms. The summed E-state index contributed by atoms with van der Waals surface area (Å²) in [4.78, 5) is 0. The van der Waals surface area contributed by atoms with Gasteiger partial charge in [0.2, 0.25) is 0 Å². The molecule has 1 aromatic carbocycles. The second kappa shape index (κ2) is 4.11. The largest absolute Gasteiger partial charge is 0.309 e. The number of fused-ring (bicyclic) bond motifs is 1. The van der Waals surface area contributed by atoms with Gasteiger partial charge in [0.25, 0.3) is 0 Å². The molecule has 0 aliphatic carbocycles. The zero-order valence-electron chi connectivity index (χ0n) is 9.90. The van der Waals surface area contributed by atoms with Crippen LogP contribution >= 0.6 is 15.9 Å². The van der Waals surface area contributed by atoms with Crippen LogP contribution in [0.25, 0.3) is 0 Å². The summed E-state index contributed by atoms with van der Waals surface area (Å²) in [7, 11) is 0. The minimum atomic E-state index is -0.0832. The highest BCUT2D eigenvalue weighted by Gasteiger charge is 2.31. The Kier molecular flexibility index (Phi) is 3.10. The number of hydrogen-bond acceptors (Lipinski definition) is 1. The Bertz CT molecular complexity index is 409. The third-order valence-corrected chi connectivity index (χ3v) is 3.55. The van der Waals surface area contributed by atoms with Gasteiger partial charge in [-0.1, -0.05) is 36.7 Å². The molecule has 0 spiro atoms. The van der Waals surface area contributed by atoms with E-state index in [1.165, 1.54) is 0 Å². The number of halogens is 2. The van der Waals surface area contributed by atoms with Crippen LogP contribution in [0.1, 0.15) is 37.9 Å². The Morgan fingerprint density at radius 3 is 2.69 bits per heavy atom. The molecule has 1 unspecified atom stereocenters. The van der Waals surface area contributed by atoms with Crippen LogP contribution in [0.2, 0.25) is 0 Å². The van der Waals surface area contributed by atoms with Crippen molar-refractivity contribution >= 4 is 15.9 Å². The lowest BCUT2D eigenvalue weighted by atomic mass is 9.78. The monoisotopic (exact) mass is 285 g/mol. The summed E-state index contributed by atoms with van der Waals surface area (Å²) in [6.45, 7) is 7.39. The lowest BCUT2D eigenvalue weighted by Gasteiger charge is -2.37. The minimum absolute atomic E-state index is 0.0832. The van der Waals surface area contributed by atoms with Gasteiger partial charge in [-0.15, -0.1) is 0 Å². The average molecular weight is 286 g/mol. The molecule has 1 aromatic rings. The molecule has 2 rings (SSSR count). The van der Waals surface area contributed by atoms with Crippen LogP contribution in [0.5, 0.6) is 0 Å². The maximum absolute atomic E-state index is 13.8. The van der Waals surface area contributed by atoms with Crippen molar-refractivity contribution in [2.45, 2.75) is 33.2 Å². The molecule has 1 atom stereocenters. The fraction of sp³-hybridized carbons (Fsp3) is 0.538. The van der Waals surface area contributed by atoms with Crippen LogP contribution in [0.3, 0.4) is 0 Å². The summed E-state index contributed by atoms with van der Waals surface area (Å²) in [5.74, 6) is -0.0832. The van der Waals surface area contributed by atoms with E-state index >= 15 is 0 Å². The summed E-state index contributed by atoms with van der Waals surface area (Å²) >= 11 is 3.37. The molecule has 1 nitrogen and oxygen atoms in total. The predicted molar refractivity (Wildman–Crippen MR) is 68.0 cm³/mol. The summed E-state index contributed by atoms with van der Waals surface area (Å²) in [5, 5.41) is 3.48. The molecule has 0 saturated heterocycles. The Hall–Kier alpha value is -0.410. The van der Waals surface area contributed by atoms with Crippen LogP contribution in [0.4, 0.5) is 4.39 Å². The van der Waals surface area contributed by atoms with Gasteiger partial charge < -0.3 is 5.32 Å². The molecule has 0 bridgehead atoms. The van der Waals surface area contributed by atoms with E-state index in [-0.39, 0.29) is 17.3 Å². The quantitative estimate of drug-likeness (QED) is 0.764. The normalized spacial score (nSPS) is 20.7. The van der Waals surface area contributed by atoms with Crippen LogP contribution in [0.15, 0.2) is 16.6 Å². The third-order valence-electron chi connectivity index (χ3n) is 3.10. The standard InChI is InChI=1S/C13H17BrFN/c1-13(2,3)12-10-6-8(14)7-11(15)9(10)4-5-16-12/h6-7,12,16H,4-5H2,1-3H3. The number of rotatable bonds is 0. The zero-order valence-corrected chi connectivity index (χ0v) is 11.5. The van der Waals surface area contributed by atoms with Crippen molar-refractivity contribution in [2.24, 2.45) is 5.41 Å². The lowest BCUT2D eigenvalue weighted by molar-refractivity contribution is 0.261. The van der Waals surface area contributed by atoms with Crippen molar-refractivity contribution in [3.05, 3.63) is 33.5 Å². The molecule has 0 aromatic heterocycles. The van der Waals surface area contributed by atoms with Crippen molar-refractivity contribution in [3.8, 4) is 0 Å². The molecule has 1 heterocycles. The van der Waals surface area contributed by atoms with E-state index < -0.39 is 0 Å². The summed E-state index contributed by atoms with van der Waals surface area (Å²) in [5.41, 5.74) is 2.08. The number of hydrogen-bond donors (Lipinski definition) is 1. The molecule has 1 N–H and O–H groups in total. The van der Waals surface area contributed by atoms with E-state index in [4.69, 9.17) is 0 Å². The zero-order chi connectivity index (χ0) is 11.9. The fourth-order valence-corrected chi connectivity index (χ4v) is 2.82. The highest BCUT2D eigenvalue weighted by Crippen LogP contribution is 2.38. The van der Waals surface area contributed by atoms with Gasteiger partial charge in [-0.05, 0) is 41.6 Å². The highest BCUT2D eigenvalue weighted by atomic mass is 79.9. The first-order chi connectivity index (χ1) is 7.39. The van der Waals surface area contributed by atoms with Gasteiger partial charge in [-0.2, -0.15) is 0 Å². The van der Waals surface area contributed by atoms with Crippen molar-refractivity contribution in [1.29, 1.82) is 0 Å². The predicted octanol–water partition coefficient (Wildman–Crippen LogP) is 3.82. The van der Waals surface area contributed by atoms with Gasteiger partial charge in [0, 0.05) is 10.5 Å². The molecule has 1 aliphatic heterocycles. The first-order valence-corrected chi connectivity index (χ1v) is 6.40. The van der Waals surface area contributed by atoms with Crippen LogP contribution in [-0.2, 0) is 6.42 Å². The van der Waals surface area contributed by atoms with E-state index in [1.54, 1.807) is 6.07 Å². The molecule has 88 valence electrons. The molecular weight excluding hydrogens is 269 g/mol. The molecule has 0 radical (unpaired) electrons. The van der Waals surface area contributed by atoms with Crippen molar-refractivity contribution in [2.75, 3.05) is 6.54 Å². The topological polar surface area (TPSA) is 12.0 Å². The Morgan fingerprint density at radius 1 is 1.38 bits per heavy atom. The van der Waals surface area contributed by atoms with Crippen LogP contribution < -0.4 is 5.32 Å². The Labute approximate surface area is 105 Å². The van der Waals surface area contributed by atoms with E-state index in [0.29, 0.717) is 0 Å². The smallest absolute Gasteiger partial charge is 0.127 e. The van der Waals surface area contributed by atoms with E-state index in [2.05, 4.69) is 42.0 Å². The van der Waals surface area contributed by atoms with Crippen molar-refractivity contribution < 1.29 is 4.39 Å². The van der Waals surface area contributed by atoms with Crippen molar-refractivity contribution in [3.63, 3.8) is 0 Å². The average Bonchev–Trinajstić information content (AvgIpc) is 2.15. The number of nitrogens with one attached hydrogen (secondary N) is 1. The van der Waals surface area contributed by atoms with Crippen LogP contribution in [-0.4, -0.2) is 6.54 Å². The van der Waals surface area contributed by atoms with E-state index in [9.17, 15) is 4.39 Å². The third kappa shape index (κ3) is 2.16. The van der Waals surface area contributed by atoms with Crippen molar-refractivity contribution in [1.82, 2.24) is 5.32 Å². The molecule has 0 saturated carbocycles. The van der Waals surface area contributed by atoms with Gasteiger partial charge in [-0.3, -0.25) is 0 Å². The van der Waals surface area contributed by atoms with Gasteiger partial charge in [0.1, 0.15) is 5.82 Å². The first-order valence-electron chi connectivity index (χ1n) is 5.61. The maximum atomic E-state index is 13.8. The minimum Gasteiger partial charge on any atom is -0.309 e. The van der Waals surface area contributed by atoms with Gasteiger partial charge in [0.05, 0.1) is 0 Å². The first kappa shape index (κ1) is 12.1. The molecule has 0 amide bonds. The van der Waals surface area contributed by atoms with E-state index in [1.807, 2.05) is 6.07 Å². The Balaban J connectivity index is 2.54. The Morgan fingerprint density at radius 2 is 2.06 bits per heavy atom.